The number of nitrogens with two attached hydrogens (primary N) is 1. The van der Waals surface area contributed by atoms with Gasteiger partial charge in [-0.25, -0.2) is 0 Å². The van der Waals surface area contributed by atoms with Crippen LogP contribution in [0.4, 0.5) is 0 Å². The molecule has 0 bridgehead atoms. The summed E-state index contributed by atoms with van der Waals surface area (Å²) < 4.78 is 0. The highest BCUT2D eigenvalue weighted by Crippen LogP contribution is 2.25. The Bertz CT molecular complexity index is 331. The molecule has 5 nitrogen and oxygen atoms in total. The molecule has 19 heavy (non-hydrogen) atoms. The molecule has 1 saturated heterocycles. The Balaban J connectivity index is 2.43. The van der Waals surface area contributed by atoms with Gasteiger partial charge in [0.25, 0.3) is 0 Å². The van der Waals surface area contributed by atoms with Crippen LogP contribution in [0.25, 0.3) is 0 Å². The largest absolute Gasteiger partial charge is 0.481 e. The lowest BCUT2D eigenvalue weighted by atomic mass is 9.99. The summed E-state index contributed by atoms with van der Waals surface area (Å²) in [5, 5.41) is 9.07. The first-order valence-corrected chi connectivity index (χ1v) is 7.10. The zero-order chi connectivity index (χ0) is 14.6. The molecule has 2 unspecified atom stereocenters. The number of nitrogens with zero attached hydrogens (tertiary/aromatic N) is 1. The fraction of sp³-hybridized carbons (Fsp3) is 0.857. The topological polar surface area (TPSA) is 83.6 Å². The van der Waals surface area contributed by atoms with E-state index in [4.69, 9.17) is 10.8 Å². The molecule has 5 heteroatoms. The molecule has 0 aromatic heterocycles. The molecule has 0 aromatic carbocycles. The summed E-state index contributed by atoms with van der Waals surface area (Å²) >= 11 is 0. The molecule has 110 valence electrons. The number of carboxylic acids is 1. The first-order valence-electron chi connectivity index (χ1n) is 7.10. The van der Waals surface area contributed by atoms with Crippen molar-refractivity contribution in [2.75, 3.05) is 13.1 Å². The van der Waals surface area contributed by atoms with Gasteiger partial charge in [-0.05, 0) is 25.7 Å². The lowest BCUT2D eigenvalue weighted by molar-refractivity contribution is -0.142. The molecule has 0 spiro atoms. The number of amides is 1. The number of carboxylic acid groups (broad SMARTS) is 1. The third-order valence-corrected chi connectivity index (χ3v) is 3.96. The zero-order valence-electron chi connectivity index (χ0n) is 12.1. The summed E-state index contributed by atoms with van der Waals surface area (Å²) in [6.45, 7) is 6.70. The molecule has 1 fully saturated rings. The van der Waals surface area contributed by atoms with Crippen LogP contribution in [0.3, 0.4) is 0 Å². The van der Waals surface area contributed by atoms with Crippen LogP contribution in [-0.2, 0) is 9.59 Å². The van der Waals surface area contributed by atoms with Crippen molar-refractivity contribution in [3.8, 4) is 0 Å². The van der Waals surface area contributed by atoms with Crippen LogP contribution in [0, 0.1) is 17.8 Å². The van der Waals surface area contributed by atoms with Crippen LogP contribution in [-0.4, -0.2) is 41.0 Å². The van der Waals surface area contributed by atoms with Crippen molar-refractivity contribution in [1.29, 1.82) is 0 Å². The number of carbonyl (C=O) groups excluding carboxylic acids is 1. The van der Waals surface area contributed by atoms with Gasteiger partial charge in [0.2, 0.25) is 5.91 Å². The quantitative estimate of drug-likeness (QED) is 0.762. The Morgan fingerprint density at radius 1 is 1.32 bits per heavy atom. The van der Waals surface area contributed by atoms with E-state index in [9.17, 15) is 9.59 Å². The third-order valence-electron chi connectivity index (χ3n) is 3.96. The van der Waals surface area contributed by atoms with Gasteiger partial charge in [0, 0.05) is 25.0 Å². The van der Waals surface area contributed by atoms with E-state index in [1.54, 1.807) is 4.90 Å². The smallest absolute Gasteiger partial charge is 0.308 e. The number of carbonyl (C=O) groups is 2. The first kappa shape index (κ1) is 16.0. The van der Waals surface area contributed by atoms with E-state index in [0.717, 1.165) is 19.3 Å². The van der Waals surface area contributed by atoms with E-state index in [0.29, 0.717) is 13.1 Å². The molecular weight excluding hydrogens is 244 g/mol. The van der Waals surface area contributed by atoms with Crippen LogP contribution >= 0.6 is 0 Å². The second kappa shape index (κ2) is 6.89. The molecule has 1 amide bonds. The van der Waals surface area contributed by atoms with E-state index in [-0.39, 0.29) is 23.8 Å². The maximum atomic E-state index is 12.2. The van der Waals surface area contributed by atoms with Crippen molar-refractivity contribution in [3.05, 3.63) is 0 Å². The fourth-order valence-corrected chi connectivity index (χ4v) is 2.65. The van der Waals surface area contributed by atoms with Gasteiger partial charge < -0.3 is 15.7 Å². The van der Waals surface area contributed by atoms with Crippen molar-refractivity contribution in [1.82, 2.24) is 4.90 Å². The molecular formula is C14H26N2O3. The highest BCUT2D eigenvalue weighted by atomic mass is 16.4. The van der Waals surface area contributed by atoms with E-state index < -0.39 is 11.9 Å². The number of hydrogen-bond donors (Lipinski definition) is 2. The maximum Gasteiger partial charge on any atom is 0.308 e. The van der Waals surface area contributed by atoms with Gasteiger partial charge in [0.05, 0.1) is 5.92 Å². The second-order valence-corrected chi connectivity index (χ2v) is 5.97. The molecule has 1 aliphatic heterocycles. The van der Waals surface area contributed by atoms with E-state index in [2.05, 4.69) is 0 Å². The number of likely N-dealkylation sites (tertiary alicyclic amines) is 1. The van der Waals surface area contributed by atoms with Crippen LogP contribution in [0.15, 0.2) is 0 Å². The molecule has 0 radical (unpaired) electrons. The minimum atomic E-state index is -0.799. The van der Waals surface area contributed by atoms with Gasteiger partial charge in [-0.3, -0.25) is 9.59 Å². The Morgan fingerprint density at radius 2 is 1.95 bits per heavy atom. The minimum absolute atomic E-state index is 0.0396. The first-order chi connectivity index (χ1) is 8.82. The lowest BCUT2D eigenvalue weighted by Gasteiger charge is -2.21. The predicted octanol–water partition coefficient (Wildman–Crippen LogP) is 1.32. The highest BCUT2D eigenvalue weighted by molar-refractivity contribution is 5.80. The van der Waals surface area contributed by atoms with Gasteiger partial charge in [0.1, 0.15) is 0 Å². The molecule has 1 heterocycles. The maximum absolute atomic E-state index is 12.2. The number of rotatable bonds is 6. The van der Waals surface area contributed by atoms with E-state index in [1.807, 2.05) is 20.8 Å². The third kappa shape index (κ3) is 4.49. The summed E-state index contributed by atoms with van der Waals surface area (Å²) in [7, 11) is 0. The molecule has 0 saturated carbocycles. The van der Waals surface area contributed by atoms with Crippen LogP contribution in [0.1, 0.15) is 40.0 Å². The monoisotopic (exact) mass is 270 g/mol. The lowest BCUT2D eigenvalue weighted by Crippen LogP contribution is -2.34. The molecule has 0 aliphatic carbocycles. The average Bonchev–Trinajstić information content (AvgIpc) is 2.69. The van der Waals surface area contributed by atoms with Crippen molar-refractivity contribution < 1.29 is 14.7 Å². The van der Waals surface area contributed by atoms with Gasteiger partial charge in [0.15, 0.2) is 0 Å². The molecule has 0 aromatic rings. The summed E-state index contributed by atoms with van der Waals surface area (Å²) in [4.78, 5) is 25.0. The zero-order valence-corrected chi connectivity index (χ0v) is 12.1. The normalized spacial score (nSPS) is 26.2. The van der Waals surface area contributed by atoms with Crippen LogP contribution < -0.4 is 5.73 Å². The molecule has 3 N–H and O–H groups in total. The van der Waals surface area contributed by atoms with Crippen molar-refractivity contribution in [3.63, 3.8) is 0 Å². The van der Waals surface area contributed by atoms with Gasteiger partial charge in [-0.2, -0.15) is 0 Å². The Morgan fingerprint density at radius 3 is 2.42 bits per heavy atom. The SMILES string of the molecule is CC(N)CCCC(C)C(=O)N1C[C@@H](C)[C@H](C(=O)O)C1. The fourth-order valence-electron chi connectivity index (χ4n) is 2.65. The molecule has 1 rings (SSSR count). The number of aliphatic carboxylic acids is 1. The molecule has 1 aliphatic rings. The van der Waals surface area contributed by atoms with Crippen LogP contribution in [0.5, 0.6) is 0 Å². The van der Waals surface area contributed by atoms with Gasteiger partial charge in [-0.1, -0.05) is 20.3 Å². The Labute approximate surface area is 115 Å². The van der Waals surface area contributed by atoms with E-state index >= 15 is 0 Å². The summed E-state index contributed by atoms with van der Waals surface area (Å²) in [5.74, 6) is -1.14. The van der Waals surface area contributed by atoms with Gasteiger partial charge >= 0.3 is 5.97 Å². The summed E-state index contributed by atoms with van der Waals surface area (Å²) in [6, 6.07) is 0.172. The number of hydrogen-bond acceptors (Lipinski definition) is 3. The summed E-state index contributed by atoms with van der Waals surface area (Å²) in [6.07, 6.45) is 2.69. The second-order valence-electron chi connectivity index (χ2n) is 5.97. The Kier molecular flexibility index (Phi) is 5.79. The van der Waals surface area contributed by atoms with Crippen molar-refractivity contribution in [2.45, 2.75) is 46.1 Å². The van der Waals surface area contributed by atoms with Crippen molar-refractivity contribution >= 4 is 11.9 Å². The average molecular weight is 270 g/mol. The summed E-state index contributed by atoms with van der Waals surface area (Å²) in [5.41, 5.74) is 5.69. The standard InChI is InChI=1S/C14H26N2O3/c1-9(5-4-6-11(3)15)13(17)16-7-10(2)12(8-16)14(18)19/h9-12H,4-8,15H2,1-3H3,(H,18,19)/t9?,10-,11?,12-/m1/s1. The van der Waals surface area contributed by atoms with E-state index in [1.165, 1.54) is 0 Å². The minimum Gasteiger partial charge on any atom is -0.481 e. The highest BCUT2D eigenvalue weighted by Gasteiger charge is 2.37. The molecule has 4 atom stereocenters. The van der Waals surface area contributed by atoms with Crippen LogP contribution in [0.2, 0.25) is 0 Å². The van der Waals surface area contributed by atoms with Gasteiger partial charge in [-0.15, -0.1) is 0 Å². The predicted molar refractivity (Wildman–Crippen MR) is 73.5 cm³/mol. The Hall–Kier alpha value is -1.10. The van der Waals surface area contributed by atoms with Crippen molar-refractivity contribution in [2.24, 2.45) is 23.5 Å².